The van der Waals surface area contributed by atoms with Crippen LogP contribution in [0.2, 0.25) is 0 Å². The molecule has 11 heteroatoms. The van der Waals surface area contributed by atoms with Crippen LogP contribution in [0.25, 0.3) is 0 Å². The lowest BCUT2D eigenvalue weighted by Gasteiger charge is -2.13. The number of hydrogen-bond acceptors (Lipinski definition) is 8. The molecule has 1 fully saturated rings. The Morgan fingerprint density at radius 3 is 2.47 bits per heavy atom. The zero-order chi connectivity index (χ0) is 24.3. The molecule has 4 rings (SSSR count). The van der Waals surface area contributed by atoms with Crippen LogP contribution in [-0.2, 0) is 16.6 Å². The largest absolute Gasteiger partial charge is 0.493 e. The van der Waals surface area contributed by atoms with Gasteiger partial charge in [-0.25, -0.2) is 13.1 Å². The van der Waals surface area contributed by atoms with Crippen LogP contribution in [-0.4, -0.2) is 32.6 Å². The van der Waals surface area contributed by atoms with Crippen molar-refractivity contribution in [2.45, 2.75) is 44.2 Å². The molecule has 2 aromatic carbocycles. The molecule has 3 N–H and O–H groups in total. The van der Waals surface area contributed by atoms with Gasteiger partial charge in [0.2, 0.25) is 10.0 Å². The van der Waals surface area contributed by atoms with Crippen molar-refractivity contribution in [3.8, 4) is 11.5 Å². The van der Waals surface area contributed by atoms with Crippen LogP contribution in [0, 0.1) is 13.8 Å². The van der Waals surface area contributed by atoms with Gasteiger partial charge < -0.3 is 14.0 Å². The van der Waals surface area contributed by atoms with Crippen molar-refractivity contribution < 1.29 is 27.2 Å². The molecule has 0 spiro atoms. The number of hydrogen-bond donors (Lipinski definition) is 3. The monoisotopic (exact) mass is 486 g/mol. The Morgan fingerprint density at radius 2 is 1.85 bits per heavy atom. The van der Waals surface area contributed by atoms with E-state index in [1.54, 1.807) is 30.3 Å². The zero-order valence-electron chi connectivity index (χ0n) is 19.0. The summed E-state index contributed by atoms with van der Waals surface area (Å²) in [7, 11) is -2.03. The Morgan fingerprint density at radius 1 is 1.12 bits per heavy atom. The maximum Gasteiger partial charge on any atom is 0.269 e. The molecule has 3 aromatic rings. The molecule has 1 heterocycles. The van der Waals surface area contributed by atoms with Gasteiger partial charge in [-0.05, 0) is 69.2 Å². The summed E-state index contributed by atoms with van der Waals surface area (Å²) in [5.74, 6) is 1.16. The van der Waals surface area contributed by atoms with E-state index in [4.69, 9.17) is 14.0 Å². The van der Waals surface area contributed by atoms with Crippen molar-refractivity contribution in [1.29, 1.82) is 0 Å². The molecule has 1 aliphatic carbocycles. The third kappa shape index (κ3) is 5.49. The van der Waals surface area contributed by atoms with Crippen molar-refractivity contribution in [1.82, 2.24) is 15.3 Å². The van der Waals surface area contributed by atoms with E-state index in [0.717, 1.165) is 24.1 Å². The summed E-state index contributed by atoms with van der Waals surface area (Å²) in [5.41, 5.74) is 7.85. The van der Waals surface area contributed by atoms with Crippen molar-refractivity contribution in [3.05, 3.63) is 65.0 Å². The van der Waals surface area contributed by atoms with Crippen LogP contribution in [0.15, 0.2) is 51.9 Å². The lowest BCUT2D eigenvalue weighted by Crippen LogP contribution is -2.29. The third-order valence-corrected chi connectivity index (χ3v) is 6.90. The van der Waals surface area contributed by atoms with Crippen molar-refractivity contribution in [2.24, 2.45) is 0 Å². The van der Waals surface area contributed by atoms with Gasteiger partial charge in [0.1, 0.15) is 12.4 Å². The highest BCUT2D eigenvalue weighted by atomic mass is 32.2. The van der Waals surface area contributed by atoms with Gasteiger partial charge in [-0.15, -0.1) is 0 Å². The van der Waals surface area contributed by atoms with Crippen LogP contribution < -0.4 is 25.0 Å². The molecular weight excluding hydrogens is 460 g/mol. The van der Waals surface area contributed by atoms with E-state index < -0.39 is 15.9 Å². The van der Waals surface area contributed by atoms with E-state index >= 15 is 0 Å². The smallest absolute Gasteiger partial charge is 0.269 e. The van der Waals surface area contributed by atoms with Gasteiger partial charge in [0, 0.05) is 11.6 Å². The van der Waals surface area contributed by atoms with Gasteiger partial charge >= 0.3 is 0 Å². The van der Waals surface area contributed by atoms with Gasteiger partial charge in [-0.2, -0.15) is 0 Å². The molecule has 1 aromatic heterocycles. The van der Waals surface area contributed by atoms with E-state index in [1.807, 2.05) is 13.8 Å². The number of aryl methyl sites for hydroxylation is 2. The minimum Gasteiger partial charge on any atom is -0.493 e. The Bertz CT molecular complexity index is 1260. The van der Waals surface area contributed by atoms with Crippen LogP contribution in [0.1, 0.15) is 40.2 Å². The zero-order valence-corrected chi connectivity index (χ0v) is 19.9. The number of anilines is 1. The molecule has 0 unspecified atom stereocenters. The number of rotatable bonds is 10. The first kappa shape index (κ1) is 23.6. The number of methoxy groups -OCH3 is 1. The Hall–Kier alpha value is -3.57. The lowest BCUT2D eigenvalue weighted by molar-refractivity contribution is 0.0962. The molecule has 0 aliphatic heterocycles. The van der Waals surface area contributed by atoms with Gasteiger partial charge in [0.15, 0.2) is 11.5 Å². The Labute approximate surface area is 197 Å². The molecule has 0 saturated heterocycles. The lowest BCUT2D eigenvalue weighted by atomic mass is 10.2. The van der Waals surface area contributed by atoms with Gasteiger partial charge in [0.25, 0.3) is 5.91 Å². The fourth-order valence-corrected chi connectivity index (χ4v) is 4.50. The molecule has 34 heavy (non-hydrogen) atoms. The van der Waals surface area contributed by atoms with Gasteiger partial charge in [0.05, 0.1) is 29.0 Å². The molecule has 1 saturated carbocycles. The number of benzene rings is 2. The van der Waals surface area contributed by atoms with Gasteiger partial charge in [-0.1, -0.05) is 5.16 Å². The van der Waals surface area contributed by atoms with Crippen molar-refractivity contribution >= 4 is 21.6 Å². The fraction of sp³-hybridized carbons (Fsp3) is 0.304. The van der Waals surface area contributed by atoms with Crippen LogP contribution >= 0.6 is 0 Å². The number of nitrogens with zero attached hydrogens (tertiary/aromatic N) is 1. The van der Waals surface area contributed by atoms with E-state index in [2.05, 4.69) is 20.7 Å². The van der Waals surface area contributed by atoms with Crippen molar-refractivity contribution in [3.63, 3.8) is 0 Å². The third-order valence-electron chi connectivity index (χ3n) is 5.36. The summed E-state index contributed by atoms with van der Waals surface area (Å²) in [5, 5.41) is 3.91. The number of carbonyl (C=O) groups is 1. The predicted molar refractivity (Wildman–Crippen MR) is 124 cm³/mol. The number of amides is 1. The first-order valence-electron chi connectivity index (χ1n) is 10.7. The SMILES string of the molecule is COc1cc(C(=O)NNc2ccc(S(=O)(=O)NC3CC3)cc2)ccc1OCc1c(C)noc1C. The van der Waals surface area contributed by atoms with E-state index in [-0.39, 0.29) is 17.5 Å². The summed E-state index contributed by atoms with van der Waals surface area (Å²) < 4.78 is 43.5. The maximum atomic E-state index is 12.6. The van der Waals surface area contributed by atoms with Gasteiger partial charge in [-0.3, -0.25) is 15.6 Å². The van der Waals surface area contributed by atoms with E-state index in [9.17, 15) is 13.2 Å². The molecule has 0 bridgehead atoms. The standard InChI is InChI=1S/C23H26N4O6S/c1-14-20(15(2)33-26-14)13-32-21-11-4-16(12-22(21)31-3)23(28)25-24-17-7-9-19(10-8-17)34(29,30)27-18-5-6-18/h4,7-12,18,24,27H,5-6,13H2,1-3H3,(H,25,28). The average Bonchev–Trinajstić information content (AvgIpc) is 3.58. The molecule has 10 nitrogen and oxygen atoms in total. The number of ether oxygens (including phenoxy) is 2. The number of sulfonamides is 1. The van der Waals surface area contributed by atoms with E-state index in [0.29, 0.717) is 28.5 Å². The first-order valence-corrected chi connectivity index (χ1v) is 12.2. The minimum absolute atomic E-state index is 0.0340. The first-order chi connectivity index (χ1) is 16.3. The normalized spacial score (nSPS) is 13.4. The number of aromatic nitrogens is 1. The number of carbonyl (C=O) groups excluding carboxylic acids is 1. The highest BCUT2D eigenvalue weighted by molar-refractivity contribution is 7.89. The van der Waals surface area contributed by atoms with Crippen LogP contribution in [0.4, 0.5) is 5.69 Å². The van der Waals surface area contributed by atoms with E-state index in [1.165, 1.54) is 19.2 Å². The highest BCUT2D eigenvalue weighted by Gasteiger charge is 2.27. The molecular formula is C23H26N4O6S. The molecule has 1 aliphatic rings. The van der Waals surface area contributed by atoms with Crippen LogP contribution in [0.3, 0.4) is 0 Å². The average molecular weight is 487 g/mol. The Balaban J connectivity index is 1.36. The fourth-order valence-electron chi connectivity index (χ4n) is 3.19. The second-order valence-electron chi connectivity index (χ2n) is 7.96. The molecule has 0 radical (unpaired) electrons. The summed E-state index contributed by atoms with van der Waals surface area (Å²) >= 11 is 0. The summed E-state index contributed by atoms with van der Waals surface area (Å²) in [6, 6.07) is 11.0. The second kappa shape index (κ2) is 9.74. The quantitative estimate of drug-likeness (QED) is 0.373. The second-order valence-corrected chi connectivity index (χ2v) is 9.67. The maximum absolute atomic E-state index is 12.6. The highest BCUT2D eigenvalue weighted by Crippen LogP contribution is 2.29. The topological polar surface area (TPSA) is 132 Å². The number of hydrazine groups is 1. The summed E-state index contributed by atoms with van der Waals surface area (Å²) in [4.78, 5) is 12.8. The Kier molecular flexibility index (Phi) is 6.75. The summed E-state index contributed by atoms with van der Waals surface area (Å²) in [6.45, 7) is 3.91. The molecule has 1 amide bonds. The van der Waals surface area contributed by atoms with Crippen LogP contribution in [0.5, 0.6) is 11.5 Å². The molecule has 180 valence electrons. The number of nitrogens with one attached hydrogen (secondary N) is 3. The van der Waals surface area contributed by atoms with Crippen molar-refractivity contribution in [2.75, 3.05) is 12.5 Å². The minimum atomic E-state index is -3.52. The predicted octanol–water partition coefficient (Wildman–Crippen LogP) is 3.08. The summed E-state index contributed by atoms with van der Waals surface area (Å²) in [6.07, 6.45) is 1.73. The molecule has 0 atom stereocenters.